The Bertz CT molecular complexity index is 1100. The second-order valence-electron chi connectivity index (χ2n) is 8.79. The highest BCUT2D eigenvalue weighted by molar-refractivity contribution is 6.03. The minimum Gasteiger partial charge on any atom is -0.382 e. The Kier molecular flexibility index (Phi) is 7.08. The molecule has 33 heavy (non-hydrogen) atoms. The predicted molar refractivity (Wildman–Crippen MR) is 134 cm³/mol. The van der Waals surface area contributed by atoms with Gasteiger partial charge in [0.05, 0.1) is 0 Å². The number of likely N-dealkylation sites (tertiary alicyclic amines) is 1. The van der Waals surface area contributed by atoms with Crippen LogP contribution in [0, 0.1) is 13.8 Å². The fourth-order valence-corrected chi connectivity index (χ4v) is 4.30. The molecular weight excluding hydrogens is 410 g/mol. The number of aryl methyl sites for hydroxylation is 2. The van der Waals surface area contributed by atoms with E-state index in [1.165, 1.54) is 11.1 Å². The molecule has 0 aliphatic carbocycles. The van der Waals surface area contributed by atoms with Gasteiger partial charge in [-0.15, -0.1) is 0 Å². The zero-order valence-corrected chi connectivity index (χ0v) is 19.3. The number of hydrogen-bond acceptors (Lipinski definition) is 3. The van der Waals surface area contributed by atoms with Crippen molar-refractivity contribution < 1.29 is 9.59 Å². The molecular formula is C28H31N3O2. The highest BCUT2D eigenvalue weighted by Gasteiger charge is 2.24. The molecule has 1 heterocycles. The number of hydrogen-bond donors (Lipinski definition) is 2. The van der Waals surface area contributed by atoms with Crippen LogP contribution < -0.4 is 10.6 Å². The molecule has 0 aromatic heterocycles. The summed E-state index contributed by atoms with van der Waals surface area (Å²) < 4.78 is 0. The Morgan fingerprint density at radius 2 is 1.55 bits per heavy atom. The van der Waals surface area contributed by atoms with Gasteiger partial charge in [0.25, 0.3) is 0 Å². The number of carbonyl (C=O) groups excluding carboxylic acids is 2. The molecule has 3 aromatic carbocycles. The van der Waals surface area contributed by atoms with E-state index in [-0.39, 0.29) is 18.2 Å². The smallest absolute Gasteiger partial charge is 0.233 e. The predicted octanol–water partition coefficient (Wildman–Crippen LogP) is 5.40. The highest BCUT2D eigenvalue weighted by Crippen LogP contribution is 2.22. The molecule has 170 valence electrons. The normalized spacial score (nSPS) is 14.1. The van der Waals surface area contributed by atoms with Crippen LogP contribution in [0.4, 0.5) is 11.4 Å². The van der Waals surface area contributed by atoms with E-state index in [0.29, 0.717) is 24.8 Å². The molecule has 1 fully saturated rings. The van der Waals surface area contributed by atoms with E-state index in [1.54, 1.807) is 4.90 Å². The molecule has 0 saturated carbocycles. The lowest BCUT2D eigenvalue weighted by atomic mass is 10.0. The van der Waals surface area contributed by atoms with E-state index in [0.717, 1.165) is 29.7 Å². The van der Waals surface area contributed by atoms with Crippen molar-refractivity contribution >= 4 is 23.2 Å². The van der Waals surface area contributed by atoms with E-state index >= 15 is 0 Å². The lowest BCUT2D eigenvalue weighted by Gasteiger charge is -2.33. The Morgan fingerprint density at radius 1 is 0.879 bits per heavy atom. The van der Waals surface area contributed by atoms with Gasteiger partial charge < -0.3 is 15.5 Å². The Balaban J connectivity index is 1.24. The molecule has 0 spiro atoms. The van der Waals surface area contributed by atoms with Crippen molar-refractivity contribution in [2.75, 3.05) is 23.7 Å². The van der Waals surface area contributed by atoms with Crippen LogP contribution in [0.1, 0.15) is 30.4 Å². The summed E-state index contributed by atoms with van der Waals surface area (Å²) in [6.07, 6.45) is 1.62. The average Bonchev–Trinajstić information content (AvgIpc) is 2.82. The maximum Gasteiger partial charge on any atom is 0.233 e. The van der Waals surface area contributed by atoms with Crippen molar-refractivity contribution in [2.24, 2.45) is 0 Å². The van der Waals surface area contributed by atoms with Gasteiger partial charge in [-0.25, -0.2) is 0 Å². The molecule has 0 radical (unpaired) electrons. The van der Waals surface area contributed by atoms with Gasteiger partial charge in [0.15, 0.2) is 0 Å². The number of piperidine rings is 1. The number of nitrogens with zero attached hydrogens (tertiary/aromatic N) is 1. The third-order valence-electron chi connectivity index (χ3n) is 6.18. The molecule has 0 unspecified atom stereocenters. The van der Waals surface area contributed by atoms with Gasteiger partial charge in [0.1, 0.15) is 6.42 Å². The van der Waals surface area contributed by atoms with Gasteiger partial charge in [0.2, 0.25) is 11.8 Å². The van der Waals surface area contributed by atoms with Crippen molar-refractivity contribution in [3.63, 3.8) is 0 Å². The molecule has 2 N–H and O–H groups in total. The van der Waals surface area contributed by atoms with Crippen molar-refractivity contribution in [3.05, 3.63) is 83.9 Å². The van der Waals surface area contributed by atoms with E-state index in [4.69, 9.17) is 0 Å². The zero-order valence-electron chi connectivity index (χ0n) is 19.3. The minimum absolute atomic E-state index is 0.113. The molecule has 2 amide bonds. The van der Waals surface area contributed by atoms with Crippen LogP contribution in [0.15, 0.2) is 72.8 Å². The maximum atomic E-state index is 12.6. The monoisotopic (exact) mass is 441 g/mol. The summed E-state index contributed by atoms with van der Waals surface area (Å²) >= 11 is 0. The molecule has 5 nitrogen and oxygen atoms in total. The number of nitrogens with one attached hydrogen (secondary N) is 2. The lowest BCUT2D eigenvalue weighted by molar-refractivity contribution is -0.135. The standard InChI is InChI=1S/C28H31N3O2/c1-20-8-13-26(21(2)18-20)29-25-14-16-31(17-15-25)28(33)19-27(32)30-24-11-9-23(10-12-24)22-6-4-3-5-7-22/h3-13,18,25,29H,14-17,19H2,1-2H3,(H,30,32). The molecule has 0 atom stereocenters. The molecule has 5 heteroatoms. The topological polar surface area (TPSA) is 61.4 Å². The Morgan fingerprint density at radius 3 is 2.21 bits per heavy atom. The van der Waals surface area contributed by atoms with Gasteiger partial charge in [-0.2, -0.15) is 0 Å². The number of benzene rings is 3. The second kappa shape index (κ2) is 10.3. The van der Waals surface area contributed by atoms with E-state index in [1.807, 2.05) is 54.6 Å². The Hall–Kier alpha value is -3.60. The third kappa shape index (κ3) is 6.01. The summed E-state index contributed by atoms with van der Waals surface area (Å²) in [7, 11) is 0. The summed E-state index contributed by atoms with van der Waals surface area (Å²) in [5.74, 6) is -0.388. The van der Waals surface area contributed by atoms with Crippen LogP contribution in [0.25, 0.3) is 11.1 Å². The number of amides is 2. The number of carbonyl (C=O) groups is 2. The molecule has 1 aliphatic rings. The van der Waals surface area contributed by atoms with Gasteiger partial charge in [-0.05, 0) is 61.6 Å². The largest absolute Gasteiger partial charge is 0.382 e. The van der Waals surface area contributed by atoms with Crippen molar-refractivity contribution in [3.8, 4) is 11.1 Å². The van der Waals surface area contributed by atoms with E-state index in [9.17, 15) is 9.59 Å². The summed E-state index contributed by atoms with van der Waals surface area (Å²) in [6, 6.07) is 24.5. The molecule has 1 saturated heterocycles. The first-order valence-electron chi connectivity index (χ1n) is 11.5. The zero-order chi connectivity index (χ0) is 23.2. The van der Waals surface area contributed by atoms with E-state index in [2.05, 4.69) is 42.7 Å². The number of rotatable bonds is 6. The second-order valence-corrected chi connectivity index (χ2v) is 8.79. The first-order chi connectivity index (χ1) is 16.0. The fraction of sp³-hybridized carbons (Fsp3) is 0.286. The van der Waals surface area contributed by atoms with Gasteiger partial charge in [-0.3, -0.25) is 9.59 Å². The van der Waals surface area contributed by atoms with Crippen LogP contribution >= 0.6 is 0 Å². The minimum atomic E-state index is -0.275. The summed E-state index contributed by atoms with van der Waals surface area (Å²) in [4.78, 5) is 26.9. The summed E-state index contributed by atoms with van der Waals surface area (Å²) in [6.45, 7) is 5.54. The number of anilines is 2. The van der Waals surface area contributed by atoms with Gasteiger partial charge in [-0.1, -0.05) is 60.2 Å². The van der Waals surface area contributed by atoms with Crippen LogP contribution in [-0.2, 0) is 9.59 Å². The Labute approximate surface area is 195 Å². The first-order valence-corrected chi connectivity index (χ1v) is 11.5. The van der Waals surface area contributed by atoms with Crippen LogP contribution in [-0.4, -0.2) is 35.8 Å². The van der Waals surface area contributed by atoms with Gasteiger partial charge >= 0.3 is 0 Å². The SMILES string of the molecule is Cc1ccc(NC2CCN(C(=O)CC(=O)Nc3ccc(-c4ccccc4)cc3)CC2)c(C)c1. The molecule has 0 bridgehead atoms. The fourth-order valence-electron chi connectivity index (χ4n) is 4.30. The van der Waals surface area contributed by atoms with E-state index < -0.39 is 0 Å². The molecule has 4 rings (SSSR count). The summed E-state index contributed by atoms with van der Waals surface area (Å²) in [5.41, 5.74) is 6.56. The average molecular weight is 442 g/mol. The van der Waals surface area contributed by atoms with Crippen molar-refractivity contribution in [2.45, 2.75) is 39.2 Å². The molecule has 3 aromatic rings. The third-order valence-corrected chi connectivity index (χ3v) is 6.18. The lowest BCUT2D eigenvalue weighted by Crippen LogP contribution is -2.43. The highest BCUT2D eigenvalue weighted by atomic mass is 16.2. The van der Waals surface area contributed by atoms with Crippen LogP contribution in [0.3, 0.4) is 0 Å². The molecule has 1 aliphatic heterocycles. The van der Waals surface area contributed by atoms with Crippen LogP contribution in [0.2, 0.25) is 0 Å². The van der Waals surface area contributed by atoms with Crippen molar-refractivity contribution in [1.29, 1.82) is 0 Å². The summed E-state index contributed by atoms with van der Waals surface area (Å²) in [5, 5.41) is 6.45. The van der Waals surface area contributed by atoms with Gasteiger partial charge in [0, 0.05) is 30.5 Å². The van der Waals surface area contributed by atoms with Crippen molar-refractivity contribution in [1.82, 2.24) is 4.90 Å². The maximum absolute atomic E-state index is 12.6. The quantitative estimate of drug-likeness (QED) is 0.504. The van der Waals surface area contributed by atoms with Crippen LogP contribution in [0.5, 0.6) is 0 Å². The first kappa shape index (κ1) is 22.6.